The fourth-order valence-corrected chi connectivity index (χ4v) is 2.89. The molecule has 0 unspecified atom stereocenters. The lowest BCUT2D eigenvalue weighted by molar-refractivity contribution is -0.139. The molecule has 0 aliphatic carbocycles. The summed E-state index contributed by atoms with van der Waals surface area (Å²) in [4.78, 5) is 36.1. The first-order valence-electron chi connectivity index (χ1n) is 6.67. The van der Waals surface area contributed by atoms with Crippen molar-refractivity contribution in [2.75, 3.05) is 12.4 Å². The van der Waals surface area contributed by atoms with Crippen LogP contribution in [0, 0.1) is 5.92 Å². The molecule has 0 radical (unpaired) electrons. The highest BCUT2D eigenvalue weighted by molar-refractivity contribution is 6.35. The molecule has 1 aliphatic heterocycles. The Bertz CT molecular complexity index is 695. The second-order valence-corrected chi connectivity index (χ2v) is 5.86. The zero-order chi connectivity index (χ0) is 17.1. The number of amides is 2. The van der Waals surface area contributed by atoms with Crippen molar-refractivity contribution in [3.8, 4) is 0 Å². The van der Waals surface area contributed by atoms with Gasteiger partial charge >= 0.3 is 5.97 Å². The molecule has 1 aliphatic rings. The molecule has 2 amide bonds. The predicted octanol–water partition coefficient (Wildman–Crippen LogP) is 2.51. The highest BCUT2D eigenvalue weighted by Gasteiger charge is 2.36. The highest BCUT2D eigenvalue weighted by atomic mass is 35.5. The van der Waals surface area contributed by atoms with Crippen LogP contribution in [-0.4, -0.2) is 24.9 Å². The fraction of sp³-hybridized carbons (Fsp3) is 0.267. The van der Waals surface area contributed by atoms with Crippen LogP contribution in [0.25, 0.3) is 0 Å². The molecule has 6 nitrogen and oxygen atoms in total. The Morgan fingerprint density at radius 3 is 2.43 bits per heavy atom. The van der Waals surface area contributed by atoms with Gasteiger partial charge in [-0.3, -0.25) is 9.59 Å². The quantitative estimate of drug-likeness (QED) is 0.815. The van der Waals surface area contributed by atoms with E-state index in [9.17, 15) is 14.4 Å². The molecule has 0 spiro atoms. The maximum atomic E-state index is 12.5. The van der Waals surface area contributed by atoms with Crippen molar-refractivity contribution in [3.05, 3.63) is 39.5 Å². The summed E-state index contributed by atoms with van der Waals surface area (Å²) in [5, 5.41) is 5.85. The maximum Gasteiger partial charge on any atom is 0.336 e. The van der Waals surface area contributed by atoms with E-state index in [0.717, 1.165) is 0 Å². The number of benzene rings is 1. The van der Waals surface area contributed by atoms with Crippen molar-refractivity contribution < 1.29 is 19.1 Å². The highest BCUT2D eigenvalue weighted by Crippen LogP contribution is 2.27. The summed E-state index contributed by atoms with van der Waals surface area (Å²) in [6, 6.07) is 4.56. The molecule has 122 valence electrons. The number of hydrogen-bond donors (Lipinski definition) is 2. The van der Waals surface area contributed by atoms with Crippen LogP contribution in [0.15, 0.2) is 29.5 Å². The van der Waals surface area contributed by atoms with Crippen LogP contribution in [0.4, 0.5) is 5.69 Å². The van der Waals surface area contributed by atoms with E-state index in [2.05, 4.69) is 10.6 Å². The number of methoxy groups -OCH3 is 1. The van der Waals surface area contributed by atoms with Gasteiger partial charge in [0.25, 0.3) is 0 Å². The molecular formula is C15H14Cl2N2O4. The number of hydrogen-bond acceptors (Lipinski definition) is 4. The van der Waals surface area contributed by atoms with Gasteiger partial charge in [-0.05, 0) is 25.1 Å². The van der Waals surface area contributed by atoms with Gasteiger partial charge in [-0.2, -0.15) is 0 Å². The average Bonchev–Trinajstić information content (AvgIpc) is 2.44. The molecule has 2 rings (SSSR count). The Hall–Kier alpha value is -2.05. The maximum absolute atomic E-state index is 12.5. The minimum atomic E-state index is -0.950. The molecule has 0 fully saturated rings. The normalized spacial score (nSPS) is 17.6. The fourth-order valence-electron chi connectivity index (χ4n) is 2.36. The molecule has 1 aromatic carbocycles. The first-order chi connectivity index (χ1) is 10.8. The number of halogens is 2. The lowest BCUT2D eigenvalue weighted by Crippen LogP contribution is -2.40. The summed E-state index contributed by atoms with van der Waals surface area (Å²) in [6.45, 7) is 1.54. The van der Waals surface area contributed by atoms with Crippen molar-refractivity contribution in [1.82, 2.24) is 5.32 Å². The van der Waals surface area contributed by atoms with E-state index in [0.29, 0.717) is 21.4 Å². The second-order valence-electron chi connectivity index (χ2n) is 4.98. The Morgan fingerprint density at radius 1 is 1.26 bits per heavy atom. The summed E-state index contributed by atoms with van der Waals surface area (Å²) in [5.41, 5.74) is 0.801. The third kappa shape index (κ3) is 4.03. The molecule has 0 aromatic heterocycles. The minimum absolute atomic E-state index is 0.123. The van der Waals surface area contributed by atoms with Crippen molar-refractivity contribution in [1.29, 1.82) is 0 Å². The Kier molecular flexibility index (Phi) is 5.28. The lowest BCUT2D eigenvalue weighted by atomic mass is 9.89. The largest absolute Gasteiger partial charge is 0.466 e. The van der Waals surface area contributed by atoms with Gasteiger partial charge in [0.05, 0.1) is 18.6 Å². The van der Waals surface area contributed by atoms with Crippen LogP contribution in [0.1, 0.15) is 13.3 Å². The van der Waals surface area contributed by atoms with Crippen molar-refractivity contribution >= 4 is 46.7 Å². The van der Waals surface area contributed by atoms with E-state index in [1.165, 1.54) is 25.3 Å². The second kappa shape index (κ2) is 7.02. The molecule has 1 aromatic rings. The molecule has 1 heterocycles. The van der Waals surface area contributed by atoms with Gasteiger partial charge in [0, 0.05) is 27.9 Å². The van der Waals surface area contributed by atoms with E-state index in [4.69, 9.17) is 27.9 Å². The van der Waals surface area contributed by atoms with Gasteiger partial charge < -0.3 is 15.4 Å². The van der Waals surface area contributed by atoms with E-state index in [1.807, 2.05) is 0 Å². The van der Waals surface area contributed by atoms with Crippen LogP contribution in [-0.2, 0) is 19.1 Å². The van der Waals surface area contributed by atoms with Crippen LogP contribution in [0.2, 0.25) is 10.0 Å². The molecule has 8 heteroatoms. The van der Waals surface area contributed by atoms with Gasteiger partial charge in [0.2, 0.25) is 11.8 Å². The molecule has 0 saturated carbocycles. The van der Waals surface area contributed by atoms with Gasteiger partial charge in [0.15, 0.2) is 0 Å². The van der Waals surface area contributed by atoms with Crippen LogP contribution in [0.3, 0.4) is 0 Å². The lowest BCUT2D eigenvalue weighted by Gasteiger charge is -2.25. The molecular weight excluding hydrogens is 343 g/mol. The predicted molar refractivity (Wildman–Crippen MR) is 86.1 cm³/mol. The van der Waals surface area contributed by atoms with Gasteiger partial charge in [-0.1, -0.05) is 23.2 Å². The first kappa shape index (κ1) is 17.3. The monoisotopic (exact) mass is 356 g/mol. The van der Waals surface area contributed by atoms with E-state index in [1.54, 1.807) is 6.92 Å². The molecule has 2 N–H and O–H groups in total. The number of allylic oxidation sites excluding steroid dienone is 1. The van der Waals surface area contributed by atoms with Crippen LogP contribution < -0.4 is 10.6 Å². The zero-order valence-corrected chi connectivity index (χ0v) is 13.9. The standard InChI is InChI=1S/C15H14Cl2N2O4/c1-7-13(15(22)23-2)11(6-12(20)18-7)14(21)19-10-4-8(16)3-9(17)5-10/h3-5,11H,6H2,1-2H3,(H,18,20)(H,19,21)/t11-/m0/s1. The summed E-state index contributed by atoms with van der Waals surface area (Å²) >= 11 is 11.8. The summed E-state index contributed by atoms with van der Waals surface area (Å²) in [6.07, 6.45) is -0.151. The summed E-state index contributed by atoms with van der Waals surface area (Å²) < 4.78 is 4.69. The first-order valence-corrected chi connectivity index (χ1v) is 7.43. The third-order valence-electron chi connectivity index (χ3n) is 3.32. The third-order valence-corrected chi connectivity index (χ3v) is 3.76. The number of nitrogens with one attached hydrogen (secondary N) is 2. The van der Waals surface area contributed by atoms with Crippen LogP contribution >= 0.6 is 23.2 Å². The topological polar surface area (TPSA) is 84.5 Å². The van der Waals surface area contributed by atoms with Crippen molar-refractivity contribution in [2.45, 2.75) is 13.3 Å². The minimum Gasteiger partial charge on any atom is -0.466 e. The van der Waals surface area contributed by atoms with E-state index < -0.39 is 17.8 Å². The van der Waals surface area contributed by atoms with Gasteiger partial charge in [-0.25, -0.2) is 4.79 Å². The van der Waals surface area contributed by atoms with Crippen molar-refractivity contribution in [3.63, 3.8) is 0 Å². The van der Waals surface area contributed by atoms with E-state index >= 15 is 0 Å². The number of carbonyl (C=O) groups excluding carboxylic acids is 3. The van der Waals surface area contributed by atoms with Gasteiger partial charge in [0.1, 0.15) is 0 Å². The number of carbonyl (C=O) groups is 3. The smallest absolute Gasteiger partial charge is 0.336 e. The molecule has 0 saturated heterocycles. The number of rotatable bonds is 3. The average molecular weight is 357 g/mol. The van der Waals surface area contributed by atoms with Gasteiger partial charge in [-0.15, -0.1) is 0 Å². The Morgan fingerprint density at radius 2 is 1.87 bits per heavy atom. The summed E-state index contributed by atoms with van der Waals surface area (Å²) in [7, 11) is 1.21. The van der Waals surface area contributed by atoms with Crippen LogP contribution in [0.5, 0.6) is 0 Å². The Labute approximate surface area is 142 Å². The number of esters is 1. The number of anilines is 1. The molecule has 0 bridgehead atoms. The Balaban J connectivity index is 2.30. The van der Waals surface area contributed by atoms with E-state index in [-0.39, 0.29) is 17.9 Å². The SMILES string of the molecule is COC(=O)C1=C(C)NC(=O)C[C@@H]1C(=O)Nc1cc(Cl)cc(Cl)c1. The number of ether oxygens (including phenoxy) is 1. The van der Waals surface area contributed by atoms with Crippen molar-refractivity contribution in [2.24, 2.45) is 5.92 Å². The molecule has 23 heavy (non-hydrogen) atoms. The molecule has 1 atom stereocenters. The summed E-state index contributed by atoms with van der Waals surface area (Å²) in [5.74, 6) is -2.47. The zero-order valence-electron chi connectivity index (χ0n) is 12.4.